The van der Waals surface area contributed by atoms with Crippen molar-refractivity contribution in [1.29, 1.82) is 5.26 Å². The van der Waals surface area contributed by atoms with Crippen LogP contribution in [0.4, 0.5) is 5.13 Å². The molecule has 0 fully saturated rings. The number of halogens is 1. The monoisotopic (exact) mass is 582 g/mol. The van der Waals surface area contributed by atoms with Gasteiger partial charge in [-0.2, -0.15) is 10.2 Å². The summed E-state index contributed by atoms with van der Waals surface area (Å²) in [5, 5.41) is 12.7. The Morgan fingerprint density at radius 1 is 1.05 bits per heavy atom. The number of fused-ring (bicyclic) bond motifs is 1. The van der Waals surface area contributed by atoms with Crippen LogP contribution in [0.15, 0.2) is 66.9 Å². The minimum Gasteiger partial charge on any atom is -0.496 e. The van der Waals surface area contributed by atoms with E-state index in [9.17, 15) is 9.59 Å². The largest absolute Gasteiger partial charge is 0.496 e. The van der Waals surface area contributed by atoms with Gasteiger partial charge in [0.2, 0.25) is 5.91 Å². The summed E-state index contributed by atoms with van der Waals surface area (Å²) in [5.41, 5.74) is 4.66. The number of likely N-dealkylation sites (N-methyl/N-ethyl adjacent to an activating group) is 1. The molecule has 1 N–H and O–H groups in total. The van der Waals surface area contributed by atoms with Crippen molar-refractivity contribution in [1.82, 2.24) is 19.9 Å². The van der Waals surface area contributed by atoms with E-state index in [1.54, 1.807) is 88.1 Å². The van der Waals surface area contributed by atoms with Crippen molar-refractivity contribution >= 4 is 50.4 Å². The number of amides is 2. The predicted molar refractivity (Wildman–Crippen MR) is 159 cm³/mol. The summed E-state index contributed by atoms with van der Waals surface area (Å²) in [5.74, 6) is 0.0585. The zero-order valence-electron chi connectivity index (χ0n) is 22.3. The molecule has 0 aliphatic heterocycles. The first-order valence-electron chi connectivity index (χ1n) is 12.4. The average molecular weight is 583 g/mol. The lowest BCUT2D eigenvalue weighted by Gasteiger charge is -2.16. The van der Waals surface area contributed by atoms with Gasteiger partial charge in [0.1, 0.15) is 5.75 Å². The van der Waals surface area contributed by atoms with Crippen LogP contribution in [0.5, 0.6) is 5.75 Å². The van der Waals surface area contributed by atoms with E-state index in [4.69, 9.17) is 21.6 Å². The van der Waals surface area contributed by atoms with E-state index in [1.165, 1.54) is 16.2 Å². The highest BCUT2D eigenvalue weighted by Gasteiger charge is 2.20. The quantitative estimate of drug-likeness (QED) is 0.256. The van der Waals surface area contributed by atoms with Gasteiger partial charge in [-0.1, -0.05) is 41.1 Å². The first-order chi connectivity index (χ1) is 19.7. The summed E-state index contributed by atoms with van der Waals surface area (Å²) < 4.78 is 5.56. The number of methoxy groups -OCH3 is 1. The predicted octanol–water partition coefficient (Wildman–Crippen LogP) is 5.84. The Kier molecular flexibility index (Phi) is 7.92. The van der Waals surface area contributed by atoms with Crippen molar-refractivity contribution in [3.8, 4) is 34.2 Å². The van der Waals surface area contributed by atoms with Gasteiger partial charge >= 0.3 is 0 Å². The van der Waals surface area contributed by atoms with Crippen molar-refractivity contribution in [2.45, 2.75) is 6.42 Å². The van der Waals surface area contributed by atoms with Crippen molar-refractivity contribution in [2.75, 3.05) is 26.5 Å². The van der Waals surface area contributed by atoms with Gasteiger partial charge in [0, 0.05) is 35.8 Å². The van der Waals surface area contributed by atoms with Crippen LogP contribution in [0.2, 0.25) is 5.02 Å². The third kappa shape index (κ3) is 6.01. The first-order valence-corrected chi connectivity index (χ1v) is 13.6. The Morgan fingerprint density at radius 2 is 1.83 bits per heavy atom. The number of carbonyl (C=O) groups excluding carboxylic acids is 2. The number of nitrogens with zero attached hydrogens (tertiary/aromatic N) is 5. The number of hydrogen-bond donors (Lipinski definition) is 1. The Hall–Kier alpha value is -4.85. The molecule has 11 heteroatoms. The second kappa shape index (κ2) is 11.7. The van der Waals surface area contributed by atoms with E-state index in [-0.39, 0.29) is 12.3 Å². The van der Waals surface area contributed by atoms with Gasteiger partial charge in [-0.25, -0.2) is 9.97 Å². The lowest BCUT2D eigenvalue weighted by atomic mass is 9.95. The normalized spacial score (nSPS) is 10.7. The van der Waals surface area contributed by atoms with Crippen LogP contribution in [0.1, 0.15) is 21.5 Å². The van der Waals surface area contributed by atoms with Gasteiger partial charge in [0.25, 0.3) is 5.91 Å². The average Bonchev–Trinajstić information content (AvgIpc) is 3.38. The molecule has 5 rings (SSSR count). The van der Waals surface area contributed by atoms with Crippen LogP contribution in [-0.2, 0) is 11.2 Å². The second-order valence-corrected chi connectivity index (χ2v) is 10.6. The number of ether oxygens (including phenoxy) is 1. The summed E-state index contributed by atoms with van der Waals surface area (Å²) in [6.07, 6.45) is 1.77. The van der Waals surface area contributed by atoms with Crippen molar-refractivity contribution < 1.29 is 14.3 Å². The highest BCUT2D eigenvalue weighted by atomic mass is 35.5. The molecule has 2 amide bonds. The molecule has 5 aromatic rings. The molecule has 204 valence electrons. The van der Waals surface area contributed by atoms with Gasteiger partial charge in [0.05, 0.1) is 37.1 Å². The van der Waals surface area contributed by atoms with Gasteiger partial charge in [-0.15, -0.1) is 0 Å². The summed E-state index contributed by atoms with van der Waals surface area (Å²) in [4.78, 5) is 41.6. The zero-order chi connectivity index (χ0) is 29.1. The van der Waals surface area contributed by atoms with Gasteiger partial charge in [-0.3, -0.25) is 14.9 Å². The molecule has 0 aliphatic carbocycles. The van der Waals surface area contributed by atoms with E-state index >= 15 is 0 Å². The van der Waals surface area contributed by atoms with E-state index in [1.807, 2.05) is 0 Å². The van der Waals surface area contributed by atoms with E-state index in [0.29, 0.717) is 54.3 Å². The fourth-order valence-electron chi connectivity index (χ4n) is 4.14. The molecule has 0 atom stereocenters. The topological polar surface area (TPSA) is 121 Å². The molecule has 0 saturated carbocycles. The fourth-order valence-corrected chi connectivity index (χ4v) is 5.10. The molecule has 0 bridgehead atoms. The smallest absolute Gasteiger partial charge is 0.258 e. The van der Waals surface area contributed by atoms with E-state index in [0.717, 1.165) is 11.1 Å². The highest BCUT2D eigenvalue weighted by molar-refractivity contribution is 7.21. The Balaban J connectivity index is 1.49. The maximum absolute atomic E-state index is 13.6. The van der Waals surface area contributed by atoms with Crippen LogP contribution in [0.3, 0.4) is 0 Å². The molecule has 41 heavy (non-hydrogen) atoms. The van der Waals surface area contributed by atoms with Gasteiger partial charge in [0.15, 0.2) is 15.6 Å². The van der Waals surface area contributed by atoms with Crippen LogP contribution in [-0.4, -0.2) is 52.9 Å². The van der Waals surface area contributed by atoms with Crippen molar-refractivity contribution in [2.24, 2.45) is 0 Å². The molecular formula is C30H23ClN6O3S. The Labute approximate surface area is 245 Å². The van der Waals surface area contributed by atoms with Crippen LogP contribution < -0.4 is 10.1 Å². The Bertz CT molecular complexity index is 1830. The molecule has 0 aliphatic rings. The maximum Gasteiger partial charge on any atom is 0.258 e. The summed E-state index contributed by atoms with van der Waals surface area (Å²) in [7, 11) is 4.93. The number of rotatable bonds is 7. The first kappa shape index (κ1) is 27.7. The second-order valence-electron chi connectivity index (χ2n) is 9.24. The molecule has 2 aromatic heterocycles. The molecule has 9 nitrogen and oxygen atoms in total. The number of hydrogen-bond acceptors (Lipinski definition) is 8. The number of aromatic nitrogens is 3. The molecule has 0 saturated heterocycles. The molecular weight excluding hydrogens is 560 g/mol. The summed E-state index contributed by atoms with van der Waals surface area (Å²) in [6, 6.07) is 19.5. The lowest BCUT2D eigenvalue weighted by molar-refractivity contribution is -0.127. The van der Waals surface area contributed by atoms with Crippen LogP contribution in [0, 0.1) is 11.3 Å². The number of anilines is 1. The number of nitriles is 1. The highest BCUT2D eigenvalue weighted by Crippen LogP contribution is 2.36. The SMILES string of the molecule is COc1ccc(Cl)cc1-c1cc(CC(=O)N(C)C)ccc1C(=O)Nc1nc2ncc(-c3ccc(C#N)cc3)nc2s1. The maximum atomic E-state index is 13.6. The molecule has 0 unspecified atom stereocenters. The fraction of sp³-hybridized carbons (Fsp3) is 0.133. The Morgan fingerprint density at radius 3 is 2.54 bits per heavy atom. The summed E-state index contributed by atoms with van der Waals surface area (Å²) >= 11 is 7.51. The number of benzene rings is 3. The van der Waals surface area contributed by atoms with Crippen LogP contribution in [0.25, 0.3) is 32.9 Å². The minimum absolute atomic E-state index is 0.0685. The van der Waals surface area contributed by atoms with Crippen molar-refractivity contribution in [3.05, 3.63) is 88.6 Å². The minimum atomic E-state index is -0.404. The van der Waals surface area contributed by atoms with Gasteiger partial charge in [-0.05, 0) is 53.6 Å². The standard InChI is InChI=1S/C30H23ClN6O3S/c1-37(2)26(38)13-18-6-10-21(22(12-18)23-14-20(31)9-11-25(23)40-3)28(39)36-30-35-27-29(41-30)34-24(16-33-27)19-7-4-17(15-32)5-8-19/h4-12,14,16H,13H2,1-3H3,(H,33,35,36,39). The zero-order valence-corrected chi connectivity index (χ0v) is 23.9. The lowest BCUT2D eigenvalue weighted by Crippen LogP contribution is -2.23. The third-order valence-electron chi connectivity index (χ3n) is 6.29. The van der Waals surface area contributed by atoms with E-state index < -0.39 is 5.91 Å². The van der Waals surface area contributed by atoms with Gasteiger partial charge < -0.3 is 9.64 Å². The molecule has 3 aromatic carbocycles. The molecule has 0 spiro atoms. The van der Waals surface area contributed by atoms with Crippen molar-refractivity contribution in [3.63, 3.8) is 0 Å². The summed E-state index contributed by atoms with van der Waals surface area (Å²) in [6.45, 7) is 0. The number of thiazole rings is 1. The van der Waals surface area contributed by atoms with E-state index in [2.05, 4.69) is 26.3 Å². The van der Waals surface area contributed by atoms with Crippen LogP contribution >= 0.6 is 22.9 Å². The number of carbonyl (C=O) groups is 2. The molecule has 0 radical (unpaired) electrons. The number of nitrogens with one attached hydrogen (secondary N) is 1. The third-order valence-corrected chi connectivity index (χ3v) is 7.38. The molecule has 2 heterocycles.